The normalized spacial score (nSPS) is 14.2. The van der Waals surface area contributed by atoms with E-state index in [0.29, 0.717) is 44.2 Å². The second-order valence-corrected chi connectivity index (χ2v) is 9.79. The number of amides is 2. The minimum absolute atomic E-state index is 0.0138. The first-order chi connectivity index (χ1) is 15.7. The van der Waals surface area contributed by atoms with Crippen molar-refractivity contribution in [2.45, 2.75) is 18.7 Å². The Bertz CT molecular complexity index is 1080. The van der Waals surface area contributed by atoms with E-state index in [1.807, 2.05) is 13.8 Å². The van der Waals surface area contributed by atoms with E-state index < -0.39 is 10.0 Å². The van der Waals surface area contributed by atoms with Crippen molar-refractivity contribution in [3.05, 3.63) is 54.1 Å². The maximum absolute atomic E-state index is 13.0. The number of hydrogen-bond acceptors (Lipinski definition) is 6. The van der Waals surface area contributed by atoms with Crippen LogP contribution in [0.25, 0.3) is 0 Å². The summed E-state index contributed by atoms with van der Waals surface area (Å²) in [5.74, 6) is 0.574. The largest absolute Gasteiger partial charge is 0.497 e. The first-order valence-electron chi connectivity index (χ1n) is 10.7. The Kier molecular flexibility index (Phi) is 7.80. The van der Waals surface area contributed by atoms with Crippen LogP contribution >= 0.6 is 0 Å². The number of nitrogens with zero attached hydrogens (tertiary/aromatic N) is 2. The van der Waals surface area contributed by atoms with Gasteiger partial charge in [-0.25, -0.2) is 13.2 Å². The molecule has 1 fully saturated rings. The highest BCUT2D eigenvalue weighted by Crippen LogP contribution is 2.21. The van der Waals surface area contributed by atoms with E-state index in [0.717, 1.165) is 0 Å². The highest BCUT2D eigenvalue weighted by Gasteiger charge is 2.26. The number of hydrogen-bond donors (Lipinski definition) is 1. The predicted octanol–water partition coefficient (Wildman–Crippen LogP) is 3.05. The van der Waals surface area contributed by atoms with E-state index in [9.17, 15) is 18.0 Å². The van der Waals surface area contributed by atoms with Crippen molar-refractivity contribution in [3.8, 4) is 5.75 Å². The highest BCUT2D eigenvalue weighted by molar-refractivity contribution is 7.92. The van der Waals surface area contributed by atoms with Gasteiger partial charge in [-0.15, -0.1) is 0 Å². The summed E-state index contributed by atoms with van der Waals surface area (Å²) in [5, 5.41) is 0. The van der Waals surface area contributed by atoms with Crippen LogP contribution in [0.3, 0.4) is 0 Å². The molecule has 9 nitrogen and oxygen atoms in total. The highest BCUT2D eigenvalue weighted by atomic mass is 32.2. The Morgan fingerprint density at radius 3 is 2.24 bits per heavy atom. The number of piperazine rings is 1. The van der Waals surface area contributed by atoms with E-state index in [-0.39, 0.29) is 28.4 Å². The lowest BCUT2D eigenvalue weighted by molar-refractivity contribution is 0.0535. The fourth-order valence-corrected chi connectivity index (χ4v) is 4.38. The first-order valence-corrected chi connectivity index (χ1v) is 12.2. The molecule has 0 aliphatic carbocycles. The van der Waals surface area contributed by atoms with Crippen LogP contribution in [0.1, 0.15) is 24.2 Å². The van der Waals surface area contributed by atoms with Gasteiger partial charge in [-0.05, 0) is 48.4 Å². The zero-order valence-electron chi connectivity index (χ0n) is 19.0. The number of ether oxygens (including phenoxy) is 2. The number of carbonyl (C=O) groups is 2. The summed E-state index contributed by atoms with van der Waals surface area (Å²) in [5.41, 5.74) is 0.649. The lowest BCUT2D eigenvalue weighted by Gasteiger charge is -2.34. The van der Waals surface area contributed by atoms with Crippen LogP contribution in [0.4, 0.5) is 10.5 Å². The molecule has 178 valence electrons. The SMILES string of the molecule is COc1ccc(NS(=O)(=O)c2cccc(C(=O)N3CCN(C(=O)OCC(C)C)CC3)c2)cc1. The van der Waals surface area contributed by atoms with Gasteiger partial charge in [-0.3, -0.25) is 9.52 Å². The lowest BCUT2D eigenvalue weighted by Crippen LogP contribution is -2.50. The predicted molar refractivity (Wildman–Crippen MR) is 124 cm³/mol. The van der Waals surface area contributed by atoms with E-state index >= 15 is 0 Å². The molecule has 0 aromatic heterocycles. The van der Waals surface area contributed by atoms with Gasteiger partial charge in [-0.2, -0.15) is 0 Å². The van der Waals surface area contributed by atoms with Crippen LogP contribution in [0.15, 0.2) is 53.4 Å². The van der Waals surface area contributed by atoms with Gasteiger partial charge in [0, 0.05) is 37.4 Å². The van der Waals surface area contributed by atoms with Crippen molar-refractivity contribution in [1.82, 2.24) is 9.80 Å². The fourth-order valence-electron chi connectivity index (χ4n) is 3.27. The molecule has 1 heterocycles. The topological polar surface area (TPSA) is 105 Å². The minimum Gasteiger partial charge on any atom is -0.497 e. The van der Waals surface area contributed by atoms with Crippen molar-refractivity contribution in [2.24, 2.45) is 5.92 Å². The molecule has 2 aromatic rings. The van der Waals surface area contributed by atoms with Crippen molar-refractivity contribution in [2.75, 3.05) is 44.6 Å². The molecule has 1 saturated heterocycles. The number of methoxy groups -OCH3 is 1. The van der Waals surface area contributed by atoms with Crippen molar-refractivity contribution in [3.63, 3.8) is 0 Å². The second-order valence-electron chi connectivity index (χ2n) is 8.11. The van der Waals surface area contributed by atoms with Crippen molar-refractivity contribution >= 4 is 27.7 Å². The molecule has 0 spiro atoms. The zero-order chi connectivity index (χ0) is 24.0. The third kappa shape index (κ3) is 6.38. The fraction of sp³-hybridized carbons (Fsp3) is 0.391. The number of anilines is 1. The average Bonchev–Trinajstić information content (AvgIpc) is 2.82. The molecule has 0 radical (unpaired) electrons. The van der Waals surface area contributed by atoms with Crippen molar-refractivity contribution < 1.29 is 27.5 Å². The lowest BCUT2D eigenvalue weighted by atomic mass is 10.2. The third-order valence-electron chi connectivity index (χ3n) is 5.10. The monoisotopic (exact) mass is 475 g/mol. The Morgan fingerprint density at radius 1 is 1.00 bits per heavy atom. The summed E-state index contributed by atoms with van der Waals surface area (Å²) in [6, 6.07) is 12.4. The molecule has 1 aliphatic rings. The molecular weight excluding hydrogens is 446 g/mol. The number of rotatable bonds is 7. The van der Waals surface area contributed by atoms with Crippen LogP contribution in [-0.2, 0) is 14.8 Å². The van der Waals surface area contributed by atoms with Crippen LogP contribution in [0, 0.1) is 5.92 Å². The Balaban J connectivity index is 1.64. The maximum Gasteiger partial charge on any atom is 0.409 e. The Morgan fingerprint density at radius 2 is 1.64 bits per heavy atom. The molecule has 0 saturated carbocycles. The van der Waals surface area contributed by atoms with Gasteiger partial charge in [-0.1, -0.05) is 19.9 Å². The van der Waals surface area contributed by atoms with Crippen LogP contribution in [0.2, 0.25) is 0 Å². The molecule has 2 amide bonds. The second kappa shape index (κ2) is 10.6. The smallest absolute Gasteiger partial charge is 0.409 e. The van der Waals surface area contributed by atoms with Crippen LogP contribution in [-0.4, -0.2) is 70.1 Å². The molecule has 33 heavy (non-hydrogen) atoms. The van der Waals surface area contributed by atoms with Gasteiger partial charge in [0.05, 0.1) is 18.6 Å². The van der Waals surface area contributed by atoms with Gasteiger partial charge < -0.3 is 19.3 Å². The summed E-state index contributed by atoms with van der Waals surface area (Å²) < 4.78 is 38.4. The Hall–Kier alpha value is -3.27. The van der Waals surface area contributed by atoms with Crippen molar-refractivity contribution in [1.29, 1.82) is 0 Å². The molecular formula is C23H29N3O6S. The van der Waals surface area contributed by atoms with E-state index in [2.05, 4.69) is 4.72 Å². The van der Waals surface area contributed by atoms with Gasteiger partial charge >= 0.3 is 6.09 Å². The number of nitrogens with one attached hydrogen (secondary N) is 1. The molecule has 1 aliphatic heterocycles. The van der Waals surface area contributed by atoms with E-state index in [1.165, 1.54) is 25.3 Å². The molecule has 0 unspecified atom stereocenters. The van der Waals surface area contributed by atoms with Gasteiger partial charge in [0.25, 0.3) is 15.9 Å². The standard InChI is InChI=1S/C23H29N3O6S/c1-17(2)16-32-23(28)26-13-11-25(12-14-26)22(27)18-5-4-6-21(15-18)33(29,30)24-19-7-9-20(31-3)10-8-19/h4-10,15,17,24H,11-14,16H2,1-3H3. The summed E-state index contributed by atoms with van der Waals surface area (Å²) in [4.78, 5) is 28.2. The van der Waals surface area contributed by atoms with Crippen LogP contribution in [0.5, 0.6) is 5.75 Å². The van der Waals surface area contributed by atoms with E-state index in [1.54, 1.807) is 40.1 Å². The van der Waals surface area contributed by atoms with E-state index in [4.69, 9.17) is 9.47 Å². The first kappa shape index (κ1) is 24.4. The van der Waals surface area contributed by atoms with Gasteiger partial charge in [0.2, 0.25) is 0 Å². The molecule has 0 bridgehead atoms. The minimum atomic E-state index is -3.88. The van der Waals surface area contributed by atoms with Crippen LogP contribution < -0.4 is 9.46 Å². The summed E-state index contributed by atoms with van der Waals surface area (Å²) in [6.07, 6.45) is -0.381. The summed E-state index contributed by atoms with van der Waals surface area (Å²) >= 11 is 0. The summed E-state index contributed by atoms with van der Waals surface area (Å²) in [6.45, 7) is 5.69. The maximum atomic E-state index is 13.0. The van der Waals surface area contributed by atoms with Gasteiger partial charge in [0.15, 0.2) is 0 Å². The zero-order valence-corrected chi connectivity index (χ0v) is 19.8. The molecule has 2 aromatic carbocycles. The van der Waals surface area contributed by atoms with Gasteiger partial charge in [0.1, 0.15) is 5.75 Å². The molecule has 10 heteroatoms. The average molecular weight is 476 g/mol. The Labute approximate surface area is 194 Å². The quantitative estimate of drug-likeness (QED) is 0.660. The number of benzene rings is 2. The molecule has 0 atom stereocenters. The number of carbonyl (C=O) groups excluding carboxylic acids is 2. The molecule has 1 N–H and O–H groups in total. The summed E-state index contributed by atoms with van der Waals surface area (Å²) in [7, 11) is -2.36. The number of sulfonamides is 1. The third-order valence-corrected chi connectivity index (χ3v) is 6.48. The molecule has 3 rings (SSSR count).